The molecule has 2 aromatic heterocycles. The van der Waals surface area contributed by atoms with Crippen molar-refractivity contribution in [2.45, 2.75) is 62.6 Å². The van der Waals surface area contributed by atoms with Crippen LogP contribution in [0.5, 0.6) is 0 Å². The van der Waals surface area contributed by atoms with Crippen LogP contribution in [-0.4, -0.2) is 35.4 Å². The summed E-state index contributed by atoms with van der Waals surface area (Å²) in [7, 11) is 2.95. The van der Waals surface area contributed by atoms with Gasteiger partial charge in [-0.1, -0.05) is 44.9 Å². The number of aromatic nitrogens is 4. The third-order valence-corrected chi connectivity index (χ3v) is 5.66. The second-order valence-electron chi connectivity index (χ2n) is 6.54. The van der Waals surface area contributed by atoms with E-state index < -0.39 is 22.5 Å². The highest BCUT2D eigenvalue weighted by molar-refractivity contribution is 8.00. The maximum absolute atomic E-state index is 12.7. The van der Waals surface area contributed by atoms with Crippen LogP contribution in [0.2, 0.25) is 0 Å². The average Bonchev–Trinajstić information content (AvgIpc) is 2.65. The molecule has 8 nitrogen and oxygen atoms in total. The van der Waals surface area contributed by atoms with Gasteiger partial charge in [-0.25, -0.2) is 14.8 Å². The van der Waals surface area contributed by atoms with Crippen LogP contribution in [0.15, 0.2) is 14.6 Å². The number of hydrogen-bond acceptors (Lipinski definition) is 6. The third kappa shape index (κ3) is 4.58. The Morgan fingerprint density at radius 2 is 1.78 bits per heavy atom. The van der Waals surface area contributed by atoms with E-state index in [1.807, 2.05) is 13.8 Å². The van der Waals surface area contributed by atoms with Gasteiger partial charge in [0, 0.05) is 20.5 Å². The summed E-state index contributed by atoms with van der Waals surface area (Å²) >= 11 is 1.07. The van der Waals surface area contributed by atoms with Gasteiger partial charge in [0.15, 0.2) is 5.65 Å². The van der Waals surface area contributed by atoms with Gasteiger partial charge in [0.1, 0.15) is 21.5 Å². The van der Waals surface area contributed by atoms with E-state index in [1.165, 1.54) is 11.6 Å². The van der Waals surface area contributed by atoms with Crippen LogP contribution < -0.4 is 11.2 Å². The molecule has 0 fully saturated rings. The van der Waals surface area contributed by atoms with Crippen molar-refractivity contribution in [3.63, 3.8) is 0 Å². The molecule has 0 aliphatic rings. The molecule has 2 heterocycles. The number of aliphatic carboxylic acids is 1. The number of thioether (sulfide) groups is 1. The monoisotopic (exact) mass is 394 g/mol. The standard InChI is InChI=1S/C18H26N4O4S/c1-5-7-9-11(17(24)25)27-15-13-14(19-12(20-15)10-8-6-2)21(3)18(26)22(4)16(13)23/h11H,5-10H2,1-4H3,(H,24,25)/t11-/m1/s1. The summed E-state index contributed by atoms with van der Waals surface area (Å²) in [4.78, 5) is 45.6. The molecule has 0 aromatic carbocycles. The highest BCUT2D eigenvalue weighted by atomic mass is 32.2. The van der Waals surface area contributed by atoms with Crippen molar-refractivity contribution >= 4 is 28.8 Å². The van der Waals surface area contributed by atoms with E-state index in [0.717, 1.165) is 42.0 Å². The summed E-state index contributed by atoms with van der Waals surface area (Å²) in [5.74, 6) is -0.410. The average molecular weight is 394 g/mol. The van der Waals surface area contributed by atoms with Gasteiger partial charge in [-0.15, -0.1) is 0 Å². The fourth-order valence-electron chi connectivity index (χ4n) is 2.76. The quantitative estimate of drug-likeness (QED) is 0.513. The van der Waals surface area contributed by atoms with Gasteiger partial charge < -0.3 is 5.11 Å². The molecule has 0 saturated heterocycles. The van der Waals surface area contributed by atoms with Crippen LogP contribution in [0, 0.1) is 0 Å². The van der Waals surface area contributed by atoms with Crippen molar-refractivity contribution < 1.29 is 9.90 Å². The second kappa shape index (κ2) is 9.16. The first-order valence-electron chi connectivity index (χ1n) is 9.17. The predicted octanol–water partition coefficient (Wildman–Crippen LogP) is 2.11. The summed E-state index contributed by atoms with van der Waals surface area (Å²) in [5, 5.41) is 9.40. The Labute approximate surface area is 161 Å². The van der Waals surface area contributed by atoms with E-state index in [1.54, 1.807) is 7.05 Å². The van der Waals surface area contributed by atoms with Crippen LogP contribution in [0.4, 0.5) is 0 Å². The Bertz CT molecular complexity index is 951. The summed E-state index contributed by atoms with van der Waals surface area (Å²) in [6.45, 7) is 4.05. The molecule has 0 aliphatic heterocycles. The van der Waals surface area contributed by atoms with Crippen LogP contribution in [0.3, 0.4) is 0 Å². The van der Waals surface area contributed by atoms with Crippen LogP contribution in [0.1, 0.15) is 51.8 Å². The number of hydrogen-bond donors (Lipinski definition) is 1. The van der Waals surface area contributed by atoms with Crippen LogP contribution >= 0.6 is 11.8 Å². The molecule has 27 heavy (non-hydrogen) atoms. The molecule has 1 atom stereocenters. The molecule has 0 unspecified atom stereocenters. The zero-order valence-electron chi connectivity index (χ0n) is 16.2. The van der Waals surface area contributed by atoms with Crippen molar-refractivity contribution in [3.05, 3.63) is 26.7 Å². The SMILES string of the molecule is CCCCc1nc(S[C@H](CCCC)C(=O)O)c2c(=O)n(C)c(=O)n(C)c2n1. The van der Waals surface area contributed by atoms with Gasteiger partial charge in [0.25, 0.3) is 5.56 Å². The molecule has 148 valence electrons. The van der Waals surface area contributed by atoms with E-state index in [2.05, 4.69) is 9.97 Å². The van der Waals surface area contributed by atoms with E-state index in [9.17, 15) is 19.5 Å². The molecule has 9 heteroatoms. The van der Waals surface area contributed by atoms with Crippen molar-refractivity contribution in [2.24, 2.45) is 14.1 Å². The minimum Gasteiger partial charge on any atom is -0.480 e. The lowest BCUT2D eigenvalue weighted by atomic mass is 10.2. The predicted molar refractivity (Wildman–Crippen MR) is 105 cm³/mol. The number of carboxylic acids is 1. The Kier molecular flexibility index (Phi) is 7.18. The van der Waals surface area contributed by atoms with Gasteiger partial charge >= 0.3 is 11.7 Å². The molecular weight excluding hydrogens is 368 g/mol. The summed E-state index contributed by atoms with van der Waals surface area (Å²) in [5.41, 5.74) is -0.715. The van der Waals surface area contributed by atoms with E-state index >= 15 is 0 Å². The molecule has 0 radical (unpaired) electrons. The summed E-state index contributed by atoms with van der Waals surface area (Å²) in [6.07, 6.45) is 4.56. The molecule has 2 aromatic rings. The fraction of sp³-hybridized carbons (Fsp3) is 0.611. The van der Waals surface area contributed by atoms with Gasteiger partial charge in [-0.05, 0) is 12.8 Å². The highest BCUT2D eigenvalue weighted by Gasteiger charge is 2.24. The Balaban J connectivity index is 2.69. The fourth-order valence-corrected chi connectivity index (χ4v) is 3.87. The molecule has 0 spiro atoms. The Morgan fingerprint density at radius 1 is 1.11 bits per heavy atom. The lowest BCUT2D eigenvalue weighted by Crippen LogP contribution is -2.38. The van der Waals surface area contributed by atoms with Crippen molar-refractivity contribution in [1.82, 2.24) is 19.1 Å². The van der Waals surface area contributed by atoms with Crippen LogP contribution in [-0.2, 0) is 25.3 Å². The first-order chi connectivity index (χ1) is 12.8. The lowest BCUT2D eigenvalue weighted by molar-refractivity contribution is -0.136. The third-order valence-electron chi connectivity index (χ3n) is 4.42. The molecule has 0 aliphatic carbocycles. The normalized spacial score (nSPS) is 12.4. The summed E-state index contributed by atoms with van der Waals surface area (Å²) in [6, 6.07) is 0. The number of carbonyl (C=O) groups is 1. The largest absolute Gasteiger partial charge is 0.480 e. The molecular formula is C18H26N4O4S. The number of fused-ring (bicyclic) bond motifs is 1. The van der Waals surface area contributed by atoms with Gasteiger partial charge in [-0.2, -0.15) is 0 Å². The number of rotatable bonds is 9. The minimum atomic E-state index is -0.933. The van der Waals surface area contributed by atoms with Crippen molar-refractivity contribution in [3.8, 4) is 0 Å². The number of unbranched alkanes of at least 4 members (excludes halogenated alkanes) is 2. The first-order valence-corrected chi connectivity index (χ1v) is 10.1. The zero-order valence-corrected chi connectivity index (χ0v) is 17.0. The lowest BCUT2D eigenvalue weighted by Gasteiger charge is -2.15. The van der Waals surface area contributed by atoms with Gasteiger partial charge in [0.2, 0.25) is 0 Å². The second-order valence-corrected chi connectivity index (χ2v) is 7.73. The van der Waals surface area contributed by atoms with Crippen molar-refractivity contribution in [1.29, 1.82) is 0 Å². The van der Waals surface area contributed by atoms with Gasteiger partial charge in [0.05, 0.1) is 0 Å². The molecule has 0 saturated carbocycles. The van der Waals surface area contributed by atoms with Crippen molar-refractivity contribution in [2.75, 3.05) is 0 Å². The van der Waals surface area contributed by atoms with Crippen LogP contribution in [0.25, 0.3) is 11.0 Å². The number of nitrogens with zero attached hydrogens (tertiary/aromatic N) is 4. The highest BCUT2D eigenvalue weighted by Crippen LogP contribution is 2.29. The van der Waals surface area contributed by atoms with E-state index in [-0.39, 0.29) is 11.0 Å². The topological polar surface area (TPSA) is 107 Å². The molecule has 0 bridgehead atoms. The minimum absolute atomic E-state index is 0.201. The van der Waals surface area contributed by atoms with Gasteiger partial charge in [-0.3, -0.25) is 18.7 Å². The maximum Gasteiger partial charge on any atom is 0.332 e. The number of carboxylic acid groups (broad SMARTS) is 1. The maximum atomic E-state index is 12.7. The molecule has 1 N–H and O–H groups in total. The Hall–Kier alpha value is -2.16. The van der Waals surface area contributed by atoms with E-state index in [4.69, 9.17) is 0 Å². The van der Waals surface area contributed by atoms with E-state index in [0.29, 0.717) is 23.7 Å². The molecule has 0 amide bonds. The molecule has 2 rings (SSSR count). The smallest absolute Gasteiger partial charge is 0.332 e. The summed E-state index contributed by atoms with van der Waals surface area (Å²) < 4.78 is 2.32. The first kappa shape index (κ1) is 21.1. The Morgan fingerprint density at radius 3 is 2.37 bits per heavy atom. The zero-order chi connectivity index (χ0) is 20.1. The number of aryl methyl sites for hydroxylation is 2.